The maximum atomic E-state index is 11.0. The van der Waals surface area contributed by atoms with Gasteiger partial charge in [0.25, 0.3) is 5.69 Å². The van der Waals surface area contributed by atoms with Gasteiger partial charge in [-0.1, -0.05) is 0 Å². The number of quaternary nitrogens is 1. The highest BCUT2D eigenvalue weighted by molar-refractivity contribution is 5.69. The van der Waals surface area contributed by atoms with E-state index in [0.29, 0.717) is 18.8 Å². The summed E-state index contributed by atoms with van der Waals surface area (Å²) in [6, 6.07) is 5.29. The molecule has 2 rings (SSSR count). The van der Waals surface area contributed by atoms with E-state index in [2.05, 4.69) is 16.0 Å². The van der Waals surface area contributed by atoms with Crippen molar-refractivity contribution in [2.45, 2.75) is 12.8 Å². The average molecular weight is 251 g/mol. The molecule has 0 saturated carbocycles. The summed E-state index contributed by atoms with van der Waals surface area (Å²) >= 11 is 0. The van der Waals surface area contributed by atoms with Crippen LogP contribution in [0.15, 0.2) is 18.2 Å². The lowest BCUT2D eigenvalue weighted by atomic mass is 10.2. The highest BCUT2D eigenvalue weighted by Gasteiger charge is 2.18. The Morgan fingerprint density at radius 2 is 2.11 bits per heavy atom. The number of nitro benzene ring substituents is 1. The minimum atomic E-state index is -0.348. The number of nitrogens with zero attached hydrogens (tertiary/aromatic N) is 2. The molecule has 1 aromatic carbocycles. The molecule has 0 amide bonds. The van der Waals surface area contributed by atoms with Crippen molar-refractivity contribution in [2.24, 2.45) is 0 Å². The monoisotopic (exact) mass is 251 g/mol. The molecule has 0 atom stereocenters. The summed E-state index contributed by atoms with van der Waals surface area (Å²) in [5.74, 6) is 0. The third-order valence-corrected chi connectivity index (χ3v) is 3.14. The minimum Gasteiger partial charge on any atom is -0.374 e. The van der Waals surface area contributed by atoms with E-state index in [1.54, 1.807) is 6.07 Å². The number of anilines is 2. The summed E-state index contributed by atoms with van der Waals surface area (Å²) in [5.41, 5.74) is 5.51. The van der Waals surface area contributed by atoms with Crippen LogP contribution in [0.25, 0.3) is 0 Å². The van der Waals surface area contributed by atoms with Crippen LogP contribution in [0.4, 0.5) is 17.1 Å². The van der Waals surface area contributed by atoms with E-state index in [1.807, 2.05) is 12.1 Å². The molecule has 1 heterocycles. The molecule has 1 aromatic rings. The summed E-state index contributed by atoms with van der Waals surface area (Å²) in [5, 5.41) is 14.0. The van der Waals surface area contributed by atoms with Crippen molar-refractivity contribution in [2.75, 3.05) is 36.4 Å². The molecule has 98 valence electrons. The van der Waals surface area contributed by atoms with Crippen LogP contribution in [-0.4, -0.2) is 31.1 Å². The van der Waals surface area contributed by atoms with Crippen molar-refractivity contribution in [1.82, 2.24) is 0 Å². The largest absolute Gasteiger partial charge is 0.374 e. The summed E-state index contributed by atoms with van der Waals surface area (Å²) < 4.78 is 0. The van der Waals surface area contributed by atoms with E-state index in [1.165, 1.54) is 12.8 Å². The Morgan fingerprint density at radius 1 is 1.39 bits per heavy atom. The van der Waals surface area contributed by atoms with Crippen LogP contribution in [0, 0.1) is 10.1 Å². The fourth-order valence-electron chi connectivity index (χ4n) is 2.22. The Kier molecular flexibility index (Phi) is 3.99. The summed E-state index contributed by atoms with van der Waals surface area (Å²) in [4.78, 5) is 12.9. The summed E-state index contributed by atoms with van der Waals surface area (Å²) in [7, 11) is 0. The van der Waals surface area contributed by atoms with Crippen LogP contribution >= 0.6 is 0 Å². The SMILES string of the molecule is [NH3+]CCNc1cc(N2CCCC2)ccc1[N+](=O)[O-]. The van der Waals surface area contributed by atoms with Gasteiger partial charge in [-0.15, -0.1) is 0 Å². The zero-order valence-electron chi connectivity index (χ0n) is 10.4. The number of nitrogens with one attached hydrogen (secondary N) is 1. The second kappa shape index (κ2) is 5.68. The van der Waals surface area contributed by atoms with Crippen molar-refractivity contribution >= 4 is 17.1 Å². The third kappa shape index (κ3) is 2.70. The van der Waals surface area contributed by atoms with E-state index in [-0.39, 0.29) is 10.6 Å². The smallest absolute Gasteiger partial charge is 0.292 e. The third-order valence-electron chi connectivity index (χ3n) is 3.14. The fourth-order valence-corrected chi connectivity index (χ4v) is 2.22. The first kappa shape index (κ1) is 12.6. The maximum Gasteiger partial charge on any atom is 0.292 e. The van der Waals surface area contributed by atoms with E-state index >= 15 is 0 Å². The molecular weight excluding hydrogens is 232 g/mol. The Labute approximate surface area is 106 Å². The van der Waals surface area contributed by atoms with Crippen LogP contribution in [0.1, 0.15) is 12.8 Å². The molecule has 1 aliphatic rings. The molecule has 1 saturated heterocycles. The Morgan fingerprint density at radius 3 is 2.72 bits per heavy atom. The molecule has 6 nitrogen and oxygen atoms in total. The van der Waals surface area contributed by atoms with Crippen LogP contribution in [0.2, 0.25) is 0 Å². The molecule has 1 aliphatic heterocycles. The normalized spacial score (nSPS) is 14.8. The van der Waals surface area contributed by atoms with E-state index in [4.69, 9.17) is 0 Å². The van der Waals surface area contributed by atoms with Gasteiger partial charge in [-0.05, 0) is 25.0 Å². The zero-order valence-corrected chi connectivity index (χ0v) is 10.4. The first-order valence-electron chi connectivity index (χ1n) is 6.29. The van der Waals surface area contributed by atoms with Gasteiger partial charge in [0, 0.05) is 24.8 Å². The lowest BCUT2D eigenvalue weighted by Gasteiger charge is -2.18. The molecule has 0 aliphatic carbocycles. The first-order chi connectivity index (χ1) is 8.72. The van der Waals surface area contributed by atoms with Gasteiger partial charge in [-0.2, -0.15) is 0 Å². The predicted octanol–water partition coefficient (Wildman–Crippen LogP) is 0.849. The number of hydrogen-bond donors (Lipinski definition) is 2. The number of rotatable bonds is 5. The minimum absolute atomic E-state index is 0.131. The number of hydrogen-bond acceptors (Lipinski definition) is 4. The molecule has 18 heavy (non-hydrogen) atoms. The molecule has 0 unspecified atom stereocenters. The maximum absolute atomic E-state index is 11.0. The van der Waals surface area contributed by atoms with Gasteiger partial charge in [-0.25, -0.2) is 0 Å². The second-order valence-corrected chi connectivity index (χ2v) is 4.43. The highest BCUT2D eigenvalue weighted by atomic mass is 16.6. The van der Waals surface area contributed by atoms with Crippen LogP contribution in [-0.2, 0) is 0 Å². The Balaban J connectivity index is 2.25. The van der Waals surface area contributed by atoms with E-state index < -0.39 is 0 Å². The number of benzene rings is 1. The predicted molar refractivity (Wildman–Crippen MR) is 70.8 cm³/mol. The summed E-state index contributed by atoms with van der Waals surface area (Å²) in [6.07, 6.45) is 2.39. The van der Waals surface area contributed by atoms with Crippen LogP contribution in [0.3, 0.4) is 0 Å². The highest BCUT2D eigenvalue weighted by Crippen LogP contribution is 2.30. The number of nitro groups is 1. The molecule has 4 N–H and O–H groups in total. The van der Waals surface area contributed by atoms with Crippen molar-refractivity contribution in [3.8, 4) is 0 Å². The standard InChI is InChI=1S/C12H18N4O2/c13-5-6-14-11-9-10(15-7-1-2-8-15)3-4-12(11)16(17)18/h3-4,9,14H,1-2,5-8,13H2/p+1. The first-order valence-corrected chi connectivity index (χ1v) is 6.29. The second-order valence-electron chi connectivity index (χ2n) is 4.43. The molecule has 1 fully saturated rings. The average Bonchev–Trinajstić information content (AvgIpc) is 2.89. The quantitative estimate of drug-likeness (QED) is 0.600. The van der Waals surface area contributed by atoms with Crippen LogP contribution in [0.5, 0.6) is 0 Å². The van der Waals surface area contributed by atoms with E-state index in [9.17, 15) is 10.1 Å². The lowest BCUT2D eigenvalue weighted by Crippen LogP contribution is -2.53. The molecule has 0 radical (unpaired) electrons. The molecular formula is C12H19N4O2+. The van der Waals surface area contributed by atoms with Gasteiger partial charge < -0.3 is 16.0 Å². The van der Waals surface area contributed by atoms with Gasteiger partial charge in [-0.3, -0.25) is 10.1 Å². The molecule has 0 spiro atoms. The fraction of sp³-hybridized carbons (Fsp3) is 0.500. The summed E-state index contributed by atoms with van der Waals surface area (Å²) in [6.45, 7) is 3.41. The van der Waals surface area contributed by atoms with Crippen molar-refractivity contribution < 1.29 is 10.7 Å². The van der Waals surface area contributed by atoms with Gasteiger partial charge in [0.15, 0.2) is 0 Å². The Hall–Kier alpha value is -1.82. The molecule has 6 heteroatoms. The lowest BCUT2D eigenvalue weighted by molar-refractivity contribution is -0.384. The molecule has 0 bridgehead atoms. The Bertz CT molecular complexity index is 430. The zero-order chi connectivity index (χ0) is 13.0. The van der Waals surface area contributed by atoms with E-state index in [0.717, 1.165) is 18.8 Å². The van der Waals surface area contributed by atoms with Crippen molar-refractivity contribution in [3.05, 3.63) is 28.3 Å². The van der Waals surface area contributed by atoms with Gasteiger partial charge in [0.05, 0.1) is 18.0 Å². The van der Waals surface area contributed by atoms with Gasteiger partial charge >= 0.3 is 0 Å². The van der Waals surface area contributed by atoms with Gasteiger partial charge in [0.1, 0.15) is 5.69 Å². The topological polar surface area (TPSA) is 86.0 Å². The van der Waals surface area contributed by atoms with Gasteiger partial charge in [0.2, 0.25) is 0 Å². The van der Waals surface area contributed by atoms with Crippen molar-refractivity contribution in [3.63, 3.8) is 0 Å². The molecule has 0 aromatic heterocycles. The van der Waals surface area contributed by atoms with Crippen molar-refractivity contribution in [1.29, 1.82) is 0 Å². The van der Waals surface area contributed by atoms with Crippen LogP contribution < -0.4 is 16.0 Å².